The molecule has 0 radical (unpaired) electrons. The first kappa shape index (κ1) is 14.3. The molecule has 0 spiro atoms. The van der Waals surface area contributed by atoms with Crippen LogP contribution in [0.5, 0.6) is 5.75 Å². The zero-order valence-electron chi connectivity index (χ0n) is 10.3. The van der Waals surface area contributed by atoms with Crippen molar-refractivity contribution in [2.75, 3.05) is 5.32 Å². The summed E-state index contributed by atoms with van der Waals surface area (Å²) in [4.78, 5) is 11.6. The van der Waals surface area contributed by atoms with Gasteiger partial charge in [0.15, 0.2) is 11.6 Å². The van der Waals surface area contributed by atoms with Crippen molar-refractivity contribution in [1.82, 2.24) is 0 Å². The van der Waals surface area contributed by atoms with E-state index in [-0.39, 0.29) is 11.6 Å². The standard InChI is InChI=1S/C12H14F3NO2/c1-12(2,3)10(17)16-7-4-5-9(8(13)6-7)18-11(14)15/h4-6,11H,1-3H3,(H,16,17). The third-order valence-corrected chi connectivity index (χ3v) is 2.09. The van der Waals surface area contributed by atoms with Crippen LogP contribution in [0.1, 0.15) is 20.8 Å². The molecule has 0 aliphatic rings. The van der Waals surface area contributed by atoms with Crippen molar-refractivity contribution in [3.63, 3.8) is 0 Å². The highest BCUT2D eigenvalue weighted by Crippen LogP contribution is 2.24. The first-order valence-corrected chi connectivity index (χ1v) is 5.26. The molecule has 6 heteroatoms. The van der Waals surface area contributed by atoms with Gasteiger partial charge >= 0.3 is 6.61 Å². The second kappa shape index (κ2) is 5.29. The lowest BCUT2D eigenvalue weighted by molar-refractivity contribution is -0.123. The molecule has 1 amide bonds. The van der Waals surface area contributed by atoms with E-state index in [0.717, 1.165) is 12.1 Å². The van der Waals surface area contributed by atoms with Gasteiger partial charge in [-0.25, -0.2) is 4.39 Å². The summed E-state index contributed by atoms with van der Waals surface area (Å²) >= 11 is 0. The van der Waals surface area contributed by atoms with E-state index in [1.54, 1.807) is 20.8 Å². The first-order valence-electron chi connectivity index (χ1n) is 5.26. The van der Waals surface area contributed by atoms with Crippen molar-refractivity contribution in [3.05, 3.63) is 24.0 Å². The Hall–Kier alpha value is -1.72. The lowest BCUT2D eigenvalue weighted by Crippen LogP contribution is -2.27. The molecule has 0 aliphatic heterocycles. The molecule has 0 heterocycles. The number of benzene rings is 1. The zero-order valence-corrected chi connectivity index (χ0v) is 10.3. The predicted octanol–water partition coefficient (Wildman–Crippen LogP) is 3.41. The molecule has 0 atom stereocenters. The average molecular weight is 261 g/mol. The molecule has 18 heavy (non-hydrogen) atoms. The fourth-order valence-corrected chi connectivity index (χ4v) is 1.09. The highest BCUT2D eigenvalue weighted by molar-refractivity contribution is 5.94. The van der Waals surface area contributed by atoms with E-state index >= 15 is 0 Å². The molecule has 1 aromatic carbocycles. The van der Waals surface area contributed by atoms with E-state index < -0.39 is 23.6 Å². The van der Waals surface area contributed by atoms with Gasteiger partial charge in [0.1, 0.15) is 0 Å². The molecule has 1 rings (SSSR count). The lowest BCUT2D eigenvalue weighted by atomic mass is 9.95. The number of carbonyl (C=O) groups excluding carboxylic acids is 1. The highest BCUT2D eigenvalue weighted by atomic mass is 19.3. The van der Waals surface area contributed by atoms with Crippen molar-refractivity contribution < 1.29 is 22.7 Å². The normalized spacial score (nSPS) is 11.5. The molecular weight excluding hydrogens is 247 g/mol. The Balaban J connectivity index is 2.82. The summed E-state index contributed by atoms with van der Waals surface area (Å²) in [6.45, 7) is 2.02. The van der Waals surface area contributed by atoms with Gasteiger partial charge in [-0.05, 0) is 12.1 Å². The smallest absolute Gasteiger partial charge is 0.387 e. The summed E-state index contributed by atoms with van der Waals surface area (Å²) in [6.07, 6.45) is 0. The largest absolute Gasteiger partial charge is 0.432 e. The van der Waals surface area contributed by atoms with E-state index in [0.29, 0.717) is 0 Å². The average Bonchev–Trinajstić information content (AvgIpc) is 2.20. The van der Waals surface area contributed by atoms with E-state index in [4.69, 9.17) is 0 Å². The molecule has 1 aromatic rings. The molecule has 3 nitrogen and oxygen atoms in total. The van der Waals surface area contributed by atoms with Crippen LogP contribution in [0.2, 0.25) is 0 Å². The number of carbonyl (C=O) groups is 1. The van der Waals surface area contributed by atoms with Crippen LogP contribution >= 0.6 is 0 Å². The van der Waals surface area contributed by atoms with Gasteiger partial charge < -0.3 is 10.1 Å². The third kappa shape index (κ3) is 3.94. The molecule has 0 aliphatic carbocycles. The minimum Gasteiger partial charge on any atom is -0.432 e. The summed E-state index contributed by atoms with van der Waals surface area (Å²) in [5.74, 6) is -1.81. The van der Waals surface area contributed by atoms with Crippen molar-refractivity contribution >= 4 is 11.6 Å². The number of alkyl halides is 2. The Morgan fingerprint density at radius 3 is 2.39 bits per heavy atom. The van der Waals surface area contributed by atoms with E-state index in [1.807, 2.05) is 0 Å². The van der Waals surface area contributed by atoms with Gasteiger partial charge in [0, 0.05) is 17.2 Å². The van der Waals surface area contributed by atoms with Crippen molar-refractivity contribution in [1.29, 1.82) is 0 Å². The second-order valence-corrected chi connectivity index (χ2v) is 4.73. The number of hydrogen-bond acceptors (Lipinski definition) is 2. The molecule has 0 unspecified atom stereocenters. The van der Waals surface area contributed by atoms with Gasteiger partial charge in [-0.3, -0.25) is 4.79 Å². The second-order valence-electron chi connectivity index (χ2n) is 4.73. The van der Waals surface area contributed by atoms with Crippen LogP contribution in [0.15, 0.2) is 18.2 Å². The highest BCUT2D eigenvalue weighted by Gasteiger charge is 2.21. The first-order chi connectivity index (χ1) is 8.20. The van der Waals surface area contributed by atoms with E-state index in [1.165, 1.54) is 6.07 Å². The van der Waals surface area contributed by atoms with Gasteiger partial charge in [0.05, 0.1) is 0 Å². The van der Waals surface area contributed by atoms with Crippen molar-refractivity contribution in [3.8, 4) is 5.75 Å². The van der Waals surface area contributed by atoms with Gasteiger partial charge in [-0.15, -0.1) is 0 Å². The van der Waals surface area contributed by atoms with Crippen LogP contribution in [0.25, 0.3) is 0 Å². The Morgan fingerprint density at radius 2 is 1.94 bits per heavy atom. The summed E-state index contributed by atoms with van der Waals surface area (Å²) in [5.41, 5.74) is -0.441. The maximum absolute atomic E-state index is 13.3. The topological polar surface area (TPSA) is 38.3 Å². The molecule has 0 bridgehead atoms. The summed E-state index contributed by atoms with van der Waals surface area (Å²) in [7, 11) is 0. The fourth-order valence-electron chi connectivity index (χ4n) is 1.09. The summed E-state index contributed by atoms with van der Waals surface area (Å²) in [6, 6.07) is 3.27. The van der Waals surface area contributed by atoms with Crippen LogP contribution in [-0.2, 0) is 4.79 Å². The van der Waals surface area contributed by atoms with Crippen LogP contribution in [0, 0.1) is 11.2 Å². The van der Waals surface area contributed by atoms with Gasteiger partial charge in [-0.2, -0.15) is 8.78 Å². The number of ether oxygens (including phenoxy) is 1. The number of rotatable bonds is 3. The molecule has 0 saturated carbocycles. The predicted molar refractivity (Wildman–Crippen MR) is 61.1 cm³/mol. The van der Waals surface area contributed by atoms with Crippen LogP contribution in [0.3, 0.4) is 0 Å². The maximum atomic E-state index is 13.3. The summed E-state index contributed by atoms with van der Waals surface area (Å²) < 4.78 is 41.1. The number of halogens is 3. The molecule has 0 aromatic heterocycles. The van der Waals surface area contributed by atoms with Crippen molar-refractivity contribution in [2.45, 2.75) is 27.4 Å². The molecule has 100 valence electrons. The SMILES string of the molecule is CC(C)(C)C(=O)Nc1ccc(OC(F)F)c(F)c1. The third-order valence-electron chi connectivity index (χ3n) is 2.09. The number of anilines is 1. The monoisotopic (exact) mass is 261 g/mol. The fraction of sp³-hybridized carbons (Fsp3) is 0.417. The van der Waals surface area contributed by atoms with Crippen LogP contribution in [-0.4, -0.2) is 12.5 Å². The minimum absolute atomic E-state index is 0.189. The number of hydrogen-bond donors (Lipinski definition) is 1. The quantitative estimate of drug-likeness (QED) is 0.905. The van der Waals surface area contributed by atoms with Crippen LogP contribution < -0.4 is 10.1 Å². The Kier molecular flexibility index (Phi) is 4.21. The zero-order chi connectivity index (χ0) is 13.9. The van der Waals surface area contributed by atoms with E-state index in [2.05, 4.69) is 10.1 Å². The van der Waals surface area contributed by atoms with Crippen molar-refractivity contribution in [2.24, 2.45) is 5.41 Å². The number of nitrogens with one attached hydrogen (secondary N) is 1. The maximum Gasteiger partial charge on any atom is 0.387 e. The summed E-state index contributed by atoms with van der Waals surface area (Å²) in [5, 5.41) is 2.48. The Morgan fingerprint density at radius 1 is 1.33 bits per heavy atom. The lowest BCUT2D eigenvalue weighted by Gasteiger charge is -2.18. The van der Waals surface area contributed by atoms with Gasteiger partial charge in [-0.1, -0.05) is 20.8 Å². The van der Waals surface area contributed by atoms with Crippen LogP contribution in [0.4, 0.5) is 18.9 Å². The molecule has 1 N–H and O–H groups in total. The van der Waals surface area contributed by atoms with E-state index in [9.17, 15) is 18.0 Å². The molecule has 0 saturated heterocycles. The Bertz CT molecular complexity index is 441. The number of amides is 1. The Labute approximate surface area is 103 Å². The van der Waals surface area contributed by atoms with Gasteiger partial charge in [0.2, 0.25) is 5.91 Å². The molecule has 0 fully saturated rings. The molecular formula is C12H14F3NO2. The minimum atomic E-state index is -3.09. The van der Waals surface area contributed by atoms with Gasteiger partial charge in [0.25, 0.3) is 0 Å².